The van der Waals surface area contributed by atoms with Crippen LogP contribution < -0.4 is 10.1 Å². The fourth-order valence-electron chi connectivity index (χ4n) is 3.45. The molecule has 4 aromatic rings. The highest BCUT2D eigenvalue weighted by Gasteiger charge is 2.20. The zero-order chi connectivity index (χ0) is 21.6. The van der Waals surface area contributed by atoms with E-state index in [-0.39, 0.29) is 5.91 Å². The third kappa shape index (κ3) is 5.04. The number of aromatic nitrogens is 2. The molecule has 0 saturated carbocycles. The Hall–Kier alpha value is -3.80. The van der Waals surface area contributed by atoms with E-state index >= 15 is 0 Å². The van der Waals surface area contributed by atoms with E-state index in [9.17, 15) is 4.79 Å². The molecule has 0 bridgehead atoms. The Bertz CT molecular complexity index is 1150. The maximum atomic E-state index is 12.5. The van der Waals surface area contributed by atoms with E-state index in [1.54, 1.807) is 17.0 Å². The number of furan rings is 1. The standard InChI is InChI=1S/C25H25N3O3/c1-18-8-6-11-20(16-18)31-25-22(13-14-23(29)26-17-21-12-7-15-30-21)24(27-28(25)2)19-9-4-3-5-10-19/h3-12,15-16H,13-14,17H2,1-2H3,(H,26,29). The molecule has 0 unspecified atom stereocenters. The number of amides is 1. The van der Waals surface area contributed by atoms with E-state index < -0.39 is 0 Å². The lowest BCUT2D eigenvalue weighted by Gasteiger charge is -2.10. The van der Waals surface area contributed by atoms with Gasteiger partial charge in [-0.2, -0.15) is 5.10 Å². The van der Waals surface area contributed by atoms with Gasteiger partial charge < -0.3 is 14.5 Å². The molecule has 0 atom stereocenters. The number of ether oxygens (including phenoxy) is 1. The van der Waals surface area contributed by atoms with Gasteiger partial charge in [-0.1, -0.05) is 42.5 Å². The smallest absolute Gasteiger partial charge is 0.221 e. The van der Waals surface area contributed by atoms with Crippen LogP contribution in [0.5, 0.6) is 11.6 Å². The van der Waals surface area contributed by atoms with Gasteiger partial charge in [-0.05, 0) is 43.2 Å². The van der Waals surface area contributed by atoms with Crippen molar-refractivity contribution in [3.05, 3.63) is 89.9 Å². The fraction of sp³-hybridized carbons (Fsp3) is 0.200. The van der Waals surface area contributed by atoms with E-state index in [0.717, 1.165) is 33.9 Å². The highest BCUT2D eigenvalue weighted by Crippen LogP contribution is 2.34. The van der Waals surface area contributed by atoms with Crippen LogP contribution in [0, 0.1) is 6.92 Å². The topological polar surface area (TPSA) is 69.3 Å². The SMILES string of the molecule is Cc1cccc(Oc2c(CCC(=O)NCc3ccco3)c(-c3ccccc3)nn2C)c1. The molecule has 0 saturated heterocycles. The van der Waals surface area contributed by atoms with Crippen molar-refractivity contribution in [3.63, 3.8) is 0 Å². The molecular weight excluding hydrogens is 390 g/mol. The maximum Gasteiger partial charge on any atom is 0.221 e. The lowest BCUT2D eigenvalue weighted by molar-refractivity contribution is -0.121. The Morgan fingerprint density at radius 2 is 1.94 bits per heavy atom. The van der Waals surface area contributed by atoms with Crippen LogP contribution in [0.2, 0.25) is 0 Å². The van der Waals surface area contributed by atoms with Crippen LogP contribution in [0.4, 0.5) is 0 Å². The summed E-state index contributed by atoms with van der Waals surface area (Å²) in [6.07, 6.45) is 2.41. The molecule has 1 amide bonds. The second kappa shape index (κ2) is 9.34. The van der Waals surface area contributed by atoms with Crippen LogP contribution in [-0.2, 0) is 24.8 Å². The Morgan fingerprint density at radius 1 is 1.10 bits per heavy atom. The number of aryl methyl sites for hydroxylation is 2. The molecule has 0 radical (unpaired) electrons. The molecule has 0 spiro atoms. The average Bonchev–Trinajstić information content (AvgIpc) is 3.40. The van der Waals surface area contributed by atoms with Crippen LogP contribution in [0.25, 0.3) is 11.3 Å². The molecule has 0 aliphatic carbocycles. The summed E-state index contributed by atoms with van der Waals surface area (Å²) < 4.78 is 13.2. The van der Waals surface area contributed by atoms with Gasteiger partial charge in [-0.15, -0.1) is 0 Å². The van der Waals surface area contributed by atoms with Crippen molar-refractivity contribution >= 4 is 5.91 Å². The zero-order valence-electron chi connectivity index (χ0n) is 17.7. The number of benzene rings is 2. The third-order valence-electron chi connectivity index (χ3n) is 4.98. The van der Waals surface area contributed by atoms with Crippen molar-refractivity contribution in [3.8, 4) is 22.9 Å². The van der Waals surface area contributed by atoms with Gasteiger partial charge in [0.05, 0.1) is 18.5 Å². The monoisotopic (exact) mass is 415 g/mol. The second-order valence-corrected chi connectivity index (χ2v) is 7.40. The van der Waals surface area contributed by atoms with Crippen LogP contribution in [0.1, 0.15) is 23.3 Å². The molecule has 0 aliphatic heterocycles. The minimum absolute atomic E-state index is 0.0548. The predicted octanol–water partition coefficient (Wildman–Crippen LogP) is 5.03. The zero-order valence-corrected chi connectivity index (χ0v) is 17.7. The lowest BCUT2D eigenvalue weighted by Crippen LogP contribution is -2.22. The lowest BCUT2D eigenvalue weighted by atomic mass is 10.0. The normalized spacial score (nSPS) is 10.8. The first-order chi connectivity index (χ1) is 15.1. The van der Waals surface area contributed by atoms with Gasteiger partial charge in [-0.3, -0.25) is 4.79 Å². The largest absolute Gasteiger partial charge is 0.467 e. The molecule has 6 nitrogen and oxygen atoms in total. The first-order valence-electron chi connectivity index (χ1n) is 10.2. The summed E-state index contributed by atoms with van der Waals surface area (Å²) in [5, 5.41) is 7.61. The summed E-state index contributed by atoms with van der Waals surface area (Å²) in [7, 11) is 1.86. The summed E-state index contributed by atoms with van der Waals surface area (Å²) >= 11 is 0. The predicted molar refractivity (Wildman–Crippen MR) is 119 cm³/mol. The molecule has 31 heavy (non-hydrogen) atoms. The van der Waals surface area contributed by atoms with E-state index in [2.05, 4.69) is 5.32 Å². The van der Waals surface area contributed by atoms with E-state index in [4.69, 9.17) is 14.3 Å². The van der Waals surface area contributed by atoms with Crippen molar-refractivity contribution in [2.24, 2.45) is 7.05 Å². The molecule has 4 rings (SSSR count). The molecule has 2 aromatic heterocycles. The van der Waals surface area contributed by atoms with Gasteiger partial charge >= 0.3 is 0 Å². The molecule has 1 N–H and O–H groups in total. The number of carbonyl (C=O) groups excluding carboxylic acids is 1. The highest BCUT2D eigenvalue weighted by molar-refractivity contribution is 5.77. The van der Waals surface area contributed by atoms with Gasteiger partial charge in [0.25, 0.3) is 0 Å². The Balaban J connectivity index is 1.57. The number of nitrogens with one attached hydrogen (secondary N) is 1. The highest BCUT2D eigenvalue weighted by atomic mass is 16.5. The first-order valence-corrected chi connectivity index (χ1v) is 10.2. The molecular formula is C25H25N3O3. The molecule has 0 fully saturated rings. The maximum absolute atomic E-state index is 12.5. The van der Waals surface area contributed by atoms with Gasteiger partial charge in [0.15, 0.2) is 0 Å². The molecule has 158 valence electrons. The fourth-order valence-corrected chi connectivity index (χ4v) is 3.45. The number of rotatable bonds is 8. The molecule has 2 aromatic carbocycles. The number of nitrogens with zero attached hydrogens (tertiary/aromatic N) is 2. The Morgan fingerprint density at radius 3 is 2.68 bits per heavy atom. The summed E-state index contributed by atoms with van der Waals surface area (Å²) in [6.45, 7) is 2.40. The third-order valence-corrected chi connectivity index (χ3v) is 4.98. The minimum Gasteiger partial charge on any atom is -0.467 e. The van der Waals surface area contributed by atoms with Crippen molar-refractivity contribution in [2.75, 3.05) is 0 Å². The summed E-state index contributed by atoms with van der Waals surface area (Å²) in [6, 6.07) is 21.5. The van der Waals surface area contributed by atoms with Crippen molar-refractivity contribution < 1.29 is 13.9 Å². The number of hydrogen-bond acceptors (Lipinski definition) is 4. The average molecular weight is 415 g/mol. The second-order valence-electron chi connectivity index (χ2n) is 7.40. The summed E-state index contributed by atoms with van der Waals surface area (Å²) in [5.41, 5.74) is 3.83. The van der Waals surface area contributed by atoms with Crippen molar-refractivity contribution in [1.29, 1.82) is 0 Å². The number of hydrogen-bond donors (Lipinski definition) is 1. The van der Waals surface area contributed by atoms with Gasteiger partial charge in [0.1, 0.15) is 11.5 Å². The molecule has 2 heterocycles. The Kier molecular flexibility index (Phi) is 6.17. The van der Waals surface area contributed by atoms with E-state index in [0.29, 0.717) is 25.3 Å². The molecule has 6 heteroatoms. The molecule has 0 aliphatic rings. The van der Waals surface area contributed by atoms with Crippen LogP contribution in [0.3, 0.4) is 0 Å². The van der Waals surface area contributed by atoms with Crippen LogP contribution >= 0.6 is 0 Å². The van der Waals surface area contributed by atoms with Crippen LogP contribution in [-0.4, -0.2) is 15.7 Å². The summed E-state index contributed by atoms with van der Waals surface area (Å²) in [4.78, 5) is 12.5. The summed E-state index contributed by atoms with van der Waals surface area (Å²) in [5.74, 6) is 2.05. The van der Waals surface area contributed by atoms with Crippen LogP contribution in [0.15, 0.2) is 77.4 Å². The Labute approximate surface area is 181 Å². The van der Waals surface area contributed by atoms with Crippen molar-refractivity contribution in [2.45, 2.75) is 26.3 Å². The van der Waals surface area contributed by atoms with Gasteiger partial charge in [0, 0.05) is 24.6 Å². The number of carbonyl (C=O) groups is 1. The van der Waals surface area contributed by atoms with Crippen molar-refractivity contribution in [1.82, 2.24) is 15.1 Å². The van der Waals surface area contributed by atoms with E-state index in [1.807, 2.05) is 74.6 Å². The van der Waals surface area contributed by atoms with E-state index in [1.165, 1.54) is 0 Å². The quantitative estimate of drug-likeness (QED) is 0.438. The first kappa shape index (κ1) is 20.5. The van der Waals surface area contributed by atoms with Gasteiger partial charge in [-0.25, -0.2) is 4.68 Å². The minimum atomic E-state index is -0.0548. The van der Waals surface area contributed by atoms with Gasteiger partial charge in [0.2, 0.25) is 11.8 Å².